The fraction of sp³-hybridized carbons (Fsp3) is 0.500. The summed E-state index contributed by atoms with van der Waals surface area (Å²) >= 11 is 6.01. The van der Waals surface area contributed by atoms with Crippen molar-refractivity contribution in [3.63, 3.8) is 0 Å². The molecule has 102 valence electrons. The summed E-state index contributed by atoms with van der Waals surface area (Å²) in [7, 11) is 0. The zero-order valence-corrected chi connectivity index (χ0v) is 11.3. The molecule has 0 aromatic heterocycles. The maximum atomic E-state index is 12.0. The Hall–Kier alpha value is -0.390. The Morgan fingerprint density at radius 3 is 2.50 bits per heavy atom. The Morgan fingerprint density at radius 1 is 1.28 bits per heavy atom. The molecule has 1 nitrogen and oxygen atoms in total. The number of rotatable bonds is 6. The number of benzene rings is 1. The standard InChI is InChI=1S/C12H15ClF3NS/c13-11-4-2-1-3-10(11)7-9(8-17)5-6-18-12(14,15)16/h1-4,9H,5-8,17H2. The normalized spacial score (nSPS) is 13.6. The van der Waals surface area contributed by atoms with E-state index in [1.165, 1.54) is 0 Å². The molecule has 0 saturated heterocycles. The Labute approximate surface area is 114 Å². The van der Waals surface area contributed by atoms with Gasteiger partial charge in [-0.2, -0.15) is 13.2 Å². The van der Waals surface area contributed by atoms with E-state index in [4.69, 9.17) is 17.3 Å². The molecule has 1 atom stereocenters. The maximum Gasteiger partial charge on any atom is 0.441 e. The summed E-state index contributed by atoms with van der Waals surface area (Å²) in [5.41, 5.74) is 2.36. The van der Waals surface area contributed by atoms with Crippen LogP contribution in [0.4, 0.5) is 13.2 Å². The molecule has 0 radical (unpaired) electrons. The Kier molecular flexibility index (Phi) is 6.32. The van der Waals surface area contributed by atoms with Gasteiger partial charge in [-0.05, 0) is 36.9 Å². The van der Waals surface area contributed by atoms with E-state index in [0.717, 1.165) is 5.56 Å². The highest BCUT2D eigenvalue weighted by Crippen LogP contribution is 2.31. The largest absolute Gasteiger partial charge is 0.441 e. The molecule has 0 heterocycles. The molecule has 0 aliphatic rings. The van der Waals surface area contributed by atoms with Crippen LogP contribution in [0, 0.1) is 5.92 Å². The van der Waals surface area contributed by atoms with E-state index >= 15 is 0 Å². The maximum absolute atomic E-state index is 12.0. The molecule has 0 spiro atoms. The van der Waals surface area contributed by atoms with Gasteiger partial charge < -0.3 is 5.73 Å². The van der Waals surface area contributed by atoms with E-state index in [1.54, 1.807) is 6.07 Å². The second-order valence-corrected chi connectivity index (χ2v) is 5.55. The lowest BCUT2D eigenvalue weighted by Crippen LogP contribution is -2.18. The lowest BCUT2D eigenvalue weighted by Gasteiger charge is -2.15. The van der Waals surface area contributed by atoms with E-state index in [0.29, 0.717) is 24.4 Å². The number of hydrogen-bond donors (Lipinski definition) is 1. The van der Waals surface area contributed by atoms with Crippen molar-refractivity contribution in [1.82, 2.24) is 0 Å². The third-order valence-electron chi connectivity index (χ3n) is 2.59. The number of halogens is 4. The van der Waals surface area contributed by atoms with Crippen molar-refractivity contribution in [3.8, 4) is 0 Å². The topological polar surface area (TPSA) is 26.0 Å². The van der Waals surface area contributed by atoms with Crippen molar-refractivity contribution in [2.45, 2.75) is 18.3 Å². The van der Waals surface area contributed by atoms with E-state index in [-0.39, 0.29) is 23.4 Å². The SMILES string of the molecule is NCC(CCSC(F)(F)F)Cc1ccccc1Cl. The van der Waals surface area contributed by atoms with Crippen LogP contribution in [0.15, 0.2) is 24.3 Å². The molecule has 6 heteroatoms. The smallest absolute Gasteiger partial charge is 0.330 e. The molecule has 0 amide bonds. The molecule has 0 aliphatic heterocycles. The second kappa shape index (κ2) is 7.26. The first-order valence-electron chi connectivity index (χ1n) is 5.56. The monoisotopic (exact) mass is 297 g/mol. The van der Waals surface area contributed by atoms with E-state index in [9.17, 15) is 13.2 Å². The van der Waals surface area contributed by atoms with Crippen molar-refractivity contribution in [3.05, 3.63) is 34.9 Å². The van der Waals surface area contributed by atoms with Crippen LogP contribution in [0.1, 0.15) is 12.0 Å². The van der Waals surface area contributed by atoms with Gasteiger partial charge in [0.25, 0.3) is 0 Å². The highest BCUT2D eigenvalue weighted by atomic mass is 35.5. The molecule has 0 fully saturated rings. The van der Waals surface area contributed by atoms with E-state index in [2.05, 4.69) is 0 Å². The number of nitrogens with two attached hydrogens (primary N) is 1. The van der Waals surface area contributed by atoms with Gasteiger partial charge in [-0.15, -0.1) is 0 Å². The number of thioether (sulfide) groups is 1. The summed E-state index contributed by atoms with van der Waals surface area (Å²) in [6.45, 7) is 0.365. The Morgan fingerprint density at radius 2 is 1.94 bits per heavy atom. The molecular weight excluding hydrogens is 283 g/mol. The van der Waals surface area contributed by atoms with Crippen LogP contribution in [-0.4, -0.2) is 17.8 Å². The predicted molar refractivity (Wildman–Crippen MR) is 70.8 cm³/mol. The van der Waals surface area contributed by atoms with Crippen molar-refractivity contribution in [1.29, 1.82) is 0 Å². The van der Waals surface area contributed by atoms with Gasteiger partial charge >= 0.3 is 5.51 Å². The molecule has 2 N–H and O–H groups in total. The van der Waals surface area contributed by atoms with Gasteiger partial charge in [0.1, 0.15) is 0 Å². The number of alkyl halides is 3. The van der Waals surface area contributed by atoms with Crippen LogP contribution in [0.3, 0.4) is 0 Å². The Balaban J connectivity index is 2.45. The van der Waals surface area contributed by atoms with Crippen molar-refractivity contribution >= 4 is 23.4 Å². The molecule has 1 rings (SSSR count). The first-order valence-corrected chi connectivity index (χ1v) is 6.93. The van der Waals surface area contributed by atoms with Gasteiger partial charge in [-0.1, -0.05) is 41.6 Å². The predicted octanol–water partition coefficient (Wildman–Crippen LogP) is 4.10. The van der Waals surface area contributed by atoms with Crippen LogP contribution in [-0.2, 0) is 6.42 Å². The van der Waals surface area contributed by atoms with E-state index < -0.39 is 5.51 Å². The van der Waals surface area contributed by atoms with E-state index in [1.807, 2.05) is 18.2 Å². The highest BCUT2D eigenvalue weighted by molar-refractivity contribution is 8.00. The summed E-state index contributed by atoms with van der Waals surface area (Å²) in [5, 5.41) is 0.638. The minimum absolute atomic E-state index is 0.00349. The summed E-state index contributed by atoms with van der Waals surface area (Å²) in [5.74, 6) is 0.0651. The molecule has 1 unspecified atom stereocenters. The molecule has 0 bridgehead atoms. The van der Waals surface area contributed by atoms with Crippen LogP contribution in [0.25, 0.3) is 0 Å². The zero-order chi connectivity index (χ0) is 13.6. The minimum atomic E-state index is -4.16. The van der Waals surface area contributed by atoms with Gasteiger partial charge in [-0.25, -0.2) is 0 Å². The van der Waals surface area contributed by atoms with Gasteiger partial charge in [0, 0.05) is 10.8 Å². The quantitative estimate of drug-likeness (QED) is 0.855. The molecule has 0 saturated carbocycles. The zero-order valence-electron chi connectivity index (χ0n) is 9.71. The highest BCUT2D eigenvalue weighted by Gasteiger charge is 2.28. The average molecular weight is 298 g/mol. The summed E-state index contributed by atoms with van der Waals surface area (Å²) in [4.78, 5) is 0. The van der Waals surface area contributed by atoms with Crippen molar-refractivity contribution < 1.29 is 13.2 Å². The van der Waals surface area contributed by atoms with Gasteiger partial charge in [0.15, 0.2) is 0 Å². The first kappa shape index (κ1) is 15.7. The molecule has 0 aliphatic carbocycles. The van der Waals surface area contributed by atoms with Crippen molar-refractivity contribution in [2.24, 2.45) is 11.7 Å². The summed E-state index contributed by atoms with van der Waals surface area (Å²) < 4.78 is 36.0. The van der Waals surface area contributed by atoms with Crippen LogP contribution in [0.5, 0.6) is 0 Å². The molecule has 1 aromatic carbocycles. The third kappa shape index (κ3) is 5.98. The minimum Gasteiger partial charge on any atom is -0.330 e. The average Bonchev–Trinajstić information content (AvgIpc) is 2.29. The lowest BCUT2D eigenvalue weighted by atomic mass is 9.97. The Bertz CT molecular complexity index is 371. The van der Waals surface area contributed by atoms with Crippen molar-refractivity contribution in [2.75, 3.05) is 12.3 Å². The molecular formula is C12H15ClF3NS. The fourth-order valence-electron chi connectivity index (χ4n) is 1.62. The molecule has 18 heavy (non-hydrogen) atoms. The lowest BCUT2D eigenvalue weighted by molar-refractivity contribution is -0.0328. The first-order chi connectivity index (χ1) is 8.42. The second-order valence-electron chi connectivity index (χ2n) is 3.98. The fourth-order valence-corrected chi connectivity index (χ4v) is 2.52. The van der Waals surface area contributed by atoms with Crippen LogP contribution in [0.2, 0.25) is 5.02 Å². The summed E-state index contributed by atoms with van der Waals surface area (Å²) in [6.07, 6.45) is 1.06. The van der Waals surface area contributed by atoms with Gasteiger partial charge in [-0.3, -0.25) is 0 Å². The van der Waals surface area contributed by atoms with Crippen LogP contribution >= 0.6 is 23.4 Å². The number of hydrogen-bond acceptors (Lipinski definition) is 2. The molecule has 1 aromatic rings. The van der Waals surface area contributed by atoms with Crippen LogP contribution < -0.4 is 5.73 Å². The third-order valence-corrected chi connectivity index (χ3v) is 3.73. The summed E-state index contributed by atoms with van der Waals surface area (Å²) in [6, 6.07) is 7.33. The van der Waals surface area contributed by atoms with Gasteiger partial charge in [0.05, 0.1) is 0 Å². The van der Waals surface area contributed by atoms with Gasteiger partial charge in [0.2, 0.25) is 0 Å².